The van der Waals surface area contributed by atoms with E-state index in [0.717, 1.165) is 34.9 Å². The second-order valence-corrected chi connectivity index (χ2v) is 7.50. The second-order valence-electron chi connectivity index (χ2n) is 7.50. The van der Waals surface area contributed by atoms with E-state index in [1.165, 1.54) is 6.20 Å². The van der Waals surface area contributed by atoms with E-state index in [0.29, 0.717) is 22.8 Å². The number of aliphatic hydroxyl groups excluding tert-OH is 1. The van der Waals surface area contributed by atoms with Crippen molar-refractivity contribution in [2.45, 2.75) is 19.2 Å². The number of carbonyl (C=O) groups is 1. The Labute approximate surface area is 191 Å². The average molecular weight is 468 g/mol. The molecule has 4 rings (SSSR count). The van der Waals surface area contributed by atoms with E-state index in [1.807, 2.05) is 12.1 Å². The molecule has 0 aliphatic rings. The molecule has 0 bridgehead atoms. The van der Waals surface area contributed by atoms with Crippen molar-refractivity contribution in [3.05, 3.63) is 72.1 Å². The first-order valence-corrected chi connectivity index (χ1v) is 10.1. The number of aromatic nitrogens is 4. The molecule has 0 saturated carbocycles. The van der Waals surface area contributed by atoms with Crippen LogP contribution in [0.1, 0.15) is 27.7 Å². The summed E-state index contributed by atoms with van der Waals surface area (Å²) in [5.41, 5.74) is 2.58. The molecule has 4 heterocycles. The molecule has 174 valence electrons. The fraction of sp³-hybridized carbons (Fsp3) is 0.174. The van der Waals surface area contributed by atoms with Crippen LogP contribution in [-0.2, 0) is 0 Å². The molecule has 1 atom stereocenters. The Balaban J connectivity index is 1.61. The second kappa shape index (κ2) is 9.02. The first kappa shape index (κ1) is 23.1. The number of halogens is 3. The van der Waals surface area contributed by atoms with Crippen LogP contribution in [0.5, 0.6) is 0 Å². The fourth-order valence-corrected chi connectivity index (χ4v) is 3.32. The molecule has 0 spiro atoms. The number of hydrogen-bond acceptors (Lipinski definition) is 7. The number of amides is 1. The molecule has 0 radical (unpaired) electrons. The Kier molecular flexibility index (Phi) is 6.12. The maximum atomic E-state index is 12.8. The molecule has 0 fully saturated rings. The number of fused-ring (bicyclic) bond motifs is 1. The lowest BCUT2D eigenvalue weighted by molar-refractivity contribution is -0.206. The number of aryl methyl sites for hydroxylation is 1. The zero-order valence-electron chi connectivity index (χ0n) is 18.1. The number of pyridine rings is 4. The van der Waals surface area contributed by atoms with Crippen LogP contribution in [-0.4, -0.2) is 44.2 Å². The van der Waals surface area contributed by atoms with Crippen LogP contribution in [0.3, 0.4) is 0 Å². The number of hydrogen-bond donors (Lipinski definition) is 3. The largest absolute Gasteiger partial charge is 0.418 e. The highest BCUT2D eigenvalue weighted by Crippen LogP contribution is 2.32. The lowest BCUT2D eigenvalue weighted by atomic mass is 10.0. The van der Waals surface area contributed by atoms with Gasteiger partial charge in [0.15, 0.2) is 6.10 Å². The van der Waals surface area contributed by atoms with Crippen LogP contribution in [0, 0.1) is 6.92 Å². The van der Waals surface area contributed by atoms with Gasteiger partial charge in [0.2, 0.25) is 0 Å². The van der Waals surface area contributed by atoms with Gasteiger partial charge in [0.1, 0.15) is 5.82 Å². The van der Waals surface area contributed by atoms with Gasteiger partial charge in [-0.15, -0.1) is 0 Å². The molecule has 0 aromatic carbocycles. The molecule has 8 nitrogen and oxygen atoms in total. The van der Waals surface area contributed by atoms with E-state index < -0.39 is 23.8 Å². The SMILES string of the molecule is CNc1cc2ncc(-c3cc(NC(=O)c4cncc([C@H](O)C(F)(F)F)c4)cnc3C)cc2cn1. The van der Waals surface area contributed by atoms with Gasteiger partial charge in [-0.3, -0.25) is 19.7 Å². The Morgan fingerprint density at radius 3 is 2.53 bits per heavy atom. The number of rotatable bonds is 5. The molecule has 0 aliphatic carbocycles. The molecule has 0 aliphatic heterocycles. The lowest BCUT2D eigenvalue weighted by Crippen LogP contribution is -2.21. The minimum absolute atomic E-state index is 0.137. The topological polar surface area (TPSA) is 113 Å². The van der Waals surface area contributed by atoms with Crippen molar-refractivity contribution in [1.82, 2.24) is 19.9 Å². The maximum absolute atomic E-state index is 12.8. The third kappa shape index (κ3) is 4.79. The lowest BCUT2D eigenvalue weighted by Gasteiger charge is -2.15. The van der Waals surface area contributed by atoms with E-state index >= 15 is 0 Å². The predicted octanol–water partition coefficient (Wildman–Crippen LogP) is 4.28. The van der Waals surface area contributed by atoms with Crippen LogP contribution in [0.4, 0.5) is 24.7 Å². The van der Waals surface area contributed by atoms with Gasteiger partial charge in [0.05, 0.1) is 23.0 Å². The van der Waals surface area contributed by atoms with Crippen molar-refractivity contribution in [2.75, 3.05) is 17.7 Å². The minimum atomic E-state index is -4.87. The Hall–Kier alpha value is -4.12. The van der Waals surface area contributed by atoms with Crippen LogP contribution >= 0.6 is 0 Å². The molecule has 4 aromatic rings. The van der Waals surface area contributed by atoms with Gasteiger partial charge in [-0.05, 0) is 25.1 Å². The van der Waals surface area contributed by atoms with E-state index in [-0.39, 0.29) is 5.56 Å². The molecule has 11 heteroatoms. The first-order chi connectivity index (χ1) is 16.2. The molecule has 0 unspecified atom stereocenters. The highest BCUT2D eigenvalue weighted by molar-refractivity contribution is 6.04. The van der Waals surface area contributed by atoms with Crippen LogP contribution < -0.4 is 10.6 Å². The Morgan fingerprint density at radius 2 is 1.79 bits per heavy atom. The molecule has 0 saturated heterocycles. The van der Waals surface area contributed by atoms with Gasteiger partial charge >= 0.3 is 6.18 Å². The van der Waals surface area contributed by atoms with Gasteiger partial charge in [-0.25, -0.2) is 4.98 Å². The number of nitrogens with one attached hydrogen (secondary N) is 2. The van der Waals surface area contributed by atoms with Gasteiger partial charge in [0, 0.05) is 65.7 Å². The van der Waals surface area contributed by atoms with Crippen molar-refractivity contribution in [3.8, 4) is 11.1 Å². The van der Waals surface area contributed by atoms with E-state index in [2.05, 4.69) is 30.6 Å². The third-order valence-corrected chi connectivity index (χ3v) is 5.12. The zero-order valence-corrected chi connectivity index (χ0v) is 18.1. The Morgan fingerprint density at radius 1 is 1.00 bits per heavy atom. The van der Waals surface area contributed by atoms with Gasteiger partial charge in [-0.1, -0.05) is 0 Å². The molecule has 3 N–H and O–H groups in total. The van der Waals surface area contributed by atoms with E-state index in [9.17, 15) is 23.1 Å². The van der Waals surface area contributed by atoms with Crippen molar-refractivity contribution in [2.24, 2.45) is 0 Å². The van der Waals surface area contributed by atoms with Crippen molar-refractivity contribution >= 4 is 28.3 Å². The van der Waals surface area contributed by atoms with Crippen LogP contribution in [0.2, 0.25) is 0 Å². The summed E-state index contributed by atoms with van der Waals surface area (Å²) in [6.07, 6.45) is -0.811. The summed E-state index contributed by atoms with van der Waals surface area (Å²) in [7, 11) is 1.77. The van der Waals surface area contributed by atoms with E-state index in [1.54, 1.807) is 32.4 Å². The normalized spacial score (nSPS) is 12.4. The van der Waals surface area contributed by atoms with Gasteiger partial charge < -0.3 is 15.7 Å². The quantitative estimate of drug-likeness (QED) is 0.401. The number of alkyl halides is 3. The first-order valence-electron chi connectivity index (χ1n) is 10.1. The van der Waals surface area contributed by atoms with Gasteiger partial charge in [0.25, 0.3) is 5.91 Å². The van der Waals surface area contributed by atoms with Crippen molar-refractivity contribution < 1.29 is 23.1 Å². The van der Waals surface area contributed by atoms with Crippen molar-refractivity contribution in [3.63, 3.8) is 0 Å². The highest BCUT2D eigenvalue weighted by atomic mass is 19.4. The maximum Gasteiger partial charge on any atom is 0.418 e. The summed E-state index contributed by atoms with van der Waals surface area (Å²) in [6.45, 7) is 1.80. The Bertz CT molecular complexity index is 1380. The highest BCUT2D eigenvalue weighted by Gasteiger charge is 2.39. The third-order valence-electron chi connectivity index (χ3n) is 5.12. The smallest absolute Gasteiger partial charge is 0.379 e. The van der Waals surface area contributed by atoms with Crippen molar-refractivity contribution in [1.29, 1.82) is 0 Å². The van der Waals surface area contributed by atoms with Crippen LogP contribution in [0.15, 0.2) is 55.2 Å². The standard InChI is InChI=1S/C23H19F3N6O2/c1-12-18(13-3-14-10-31-20(27-2)6-19(14)30-9-13)5-17(11-29-12)32-22(34)16-4-15(7-28-8-16)21(33)23(24,25)26/h3-11,21,33H,1-2H3,(H,27,31)(H,32,34)/t21-/m0/s1. The molecule has 34 heavy (non-hydrogen) atoms. The molecular weight excluding hydrogens is 449 g/mol. The number of carbonyl (C=O) groups excluding carboxylic acids is 1. The summed E-state index contributed by atoms with van der Waals surface area (Å²) in [5, 5.41) is 15.8. The minimum Gasteiger partial charge on any atom is -0.379 e. The number of aliphatic hydroxyl groups is 1. The monoisotopic (exact) mass is 468 g/mol. The van der Waals surface area contributed by atoms with Gasteiger partial charge in [-0.2, -0.15) is 13.2 Å². The number of nitrogens with zero attached hydrogens (tertiary/aromatic N) is 4. The summed E-state index contributed by atoms with van der Waals surface area (Å²) in [6, 6.07) is 6.36. The predicted molar refractivity (Wildman–Crippen MR) is 120 cm³/mol. The summed E-state index contributed by atoms with van der Waals surface area (Å²) in [4.78, 5) is 29.4. The number of anilines is 2. The zero-order chi connectivity index (χ0) is 24.5. The summed E-state index contributed by atoms with van der Waals surface area (Å²) < 4.78 is 38.4. The molecule has 1 amide bonds. The molecular formula is C23H19F3N6O2. The fourth-order valence-electron chi connectivity index (χ4n) is 3.32. The average Bonchev–Trinajstić information content (AvgIpc) is 2.83. The van der Waals surface area contributed by atoms with Crippen LogP contribution in [0.25, 0.3) is 22.0 Å². The summed E-state index contributed by atoms with van der Waals surface area (Å²) in [5.74, 6) is -0.00243. The van der Waals surface area contributed by atoms with E-state index in [4.69, 9.17) is 0 Å². The summed E-state index contributed by atoms with van der Waals surface area (Å²) >= 11 is 0. The molecule has 4 aromatic heterocycles.